The van der Waals surface area contributed by atoms with Crippen LogP contribution in [0.3, 0.4) is 0 Å². The highest BCUT2D eigenvalue weighted by molar-refractivity contribution is 6.31. The van der Waals surface area contributed by atoms with Crippen molar-refractivity contribution in [3.05, 3.63) is 82.8 Å². The molecule has 7 nitrogen and oxygen atoms in total. The van der Waals surface area contributed by atoms with Crippen LogP contribution in [-0.2, 0) is 0 Å². The molecule has 0 spiro atoms. The smallest absolute Gasteiger partial charge is 0.291 e. The summed E-state index contributed by atoms with van der Waals surface area (Å²) < 4.78 is 5.04. The first-order chi connectivity index (χ1) is 13.4. The Labute approximate surface area is 165 Å². The van der Waals surface area contributed by atoms with E-state index in [-0.39, 0.29) is 23.0 Å². The molecule has 28 heavy (non-hydrogen) atoms. The summed E-state index contributed by atoms with van der Waals surface area (Å²) in [5, 5.41) is 16.8. The molecular weight excluding hydrogens is 382 g/mol. The van der Waals surface area contributed by atoms with E-state index in [1.54, 1.807) is 43.3 Å². The average Bonchev–Trinajstić information content (AvgIpc) is 3.23. The Morgan fingerprint density at radius 2 is 1.82 bits per heavy atom. The zero-order chi connectivity index (χ0) is 20.1. The first kappa shape index (κ1) is 19.2. The molecule has 0 unspecified atom stereocenters. The van der Waals surface area contributed by atoms with Gasteiger partial charge in [0.15, 0.2) is 5.76 Å². The molecule has 0 aliphatic rings. The van der Waals surface area contributed by atoms with Crippen molar-refractivity contribution >= 4 is 34.8 Å². The third-order valence-corrected chi connectivity index (χ3v) is 4.07. The van der Waals surface area contributed by atoms with E-state index in [0.29, 0.717) is 16.4 Å². The second-order valence-electron chi connectivity index (χ2n) is 5.81. The van der Waals surface area contributed by atoms with Gasteiger partial charge in [-0.2, -0.15) is 5.10 Å². The molecule has 0 aliphatic heterocycles. The molecule has 0 bridgehead atoms. The third-order valence-electron chi connectivity index (χ3n) is 3.83. The number of hydrazone groups is 1. The first-order valence-corrected chi connectivity index (χ1v) is 8.60. The van der Waals surface area contributed by atoms with E-state index in [2.05, 4.69) is 15.8 Å². The molecule has 1 aromatic heterocycles. The molecule has 8 heteroatoms. The summed E-state index contributed by atoms with van der Waals surface area (Å²) in [4.78, 5) is 24.1. The number of amides is 2. The van der Waals surface area contributed by atoms with Crippen molar-refractivity contribution in [3.8, 4) is 5.75 Å². The van der Waals surface area contributed by atoms with E-state index in [0.717, 1.165) is 5.56 Å². The molecule has 2 aromatic carbocycles. The molecule has 2 amide bonds. The fraction of sp³-hybridized carbons (Fsp3) is 0.0500. The maximum Gasteiger partial charge on any atom is 0.291 e. The van der Waals surface area contributed by atoms with Crippen LogP contribution in [0.4, 0.5) is 5.69 Å². The fourth-order valence-electron chi connectivity index (χ4n) is 2.34. The Hall–Kier alpha value is -3.58. The predicted molar refractivity (Wildman–Crippen MR) is 106 cm³/mol. The number of nitrogens with zero attached hydrogens (tertiary/aromatic N) is 1. The van der Waals surface area contributed by atoms with Crippen LogP contribution in [0.2, 0.25) is 5.02 Å². The highest BCUT2D eigenvalue weighted by atomic mass is 35.5. The number of hydrogen-bond acceptors (Lipinski definition) is 5. The SMILES string of the molecule is CC(=NNC(=O)c1cc(Cl)ccc1O)c1ccc(NC(=O)c2ccco2)cc1. The fourth-order valence-corrected chi connectivity index (χ4v) is 2.52. The molecule has 3 aromatic rings. The van der Waals surface area contributed by atoms with Gasteiger partial charge in [0, 0.05) is 10.7 Å². The van der Waals surface area contributed by atoms with E-state index in [4.69, 9.17) is 16.0 Å². The molecular formula is C20H16ClN3O4. The Morgan fingerprint density at radius 1 is 1.07 bits per heavy atom. The number of phenols is 1. The highest BCUT2D eigenvalue weighted by Crippen LogP contribution is 2.21. The Bertz CT molecular complexity index is 1030. The number of hydrogen-bond donors (Lipinski definition) is 3. The number of rotatable bonds is 5. The van der Waals surface area contributed by atoms with Crippen LogP contribution < -0.4 is 10.7 Å². The molecule has 142 valence electrons. The van der Waals surface area contributed by atoms with Gasteiger partial charge in [-0.3, -0.25) is 9.59 Å². The lowest BCUT2D eigenvalue weighted by Gasteiger charge is -2.07. The standard InChI is InChI=1S/C20H16ClN3O4/c1-12(23-24-19(26)16-11-14(21)6-9-17(16)25)13-4-7-15(8-5-13)22-20(27)18-3-2-10-28-18/h2-11,25H,1H3,(H,22,27)(H,24,26). The van der Waals surface area contributed by atoms with Gasteiger partial charge in [0.05, 0.1) is 17.5 Å². The third kappa shape index (κ3) is 4.57. The monoisotopic (exact) mass is 397 g/mol. The molecule has 0 radical (unpaired) electrons. The minimum absolute atomic E-state index is 0.0278. The number of aromatic hydroxyl groups is 1. The van der Waals surface area contributed by atoms with E-state index >= 15 is 0 Å². The zero-order valence-electron chi connectivity index (χ0n) is 14.8. The van der Waals surface area contributed by atoms with Crippen LogP contribution in [0.15, 0.2) is 70.4 Å². The molecule has 0 saturated carbocycles. The molecule has 0 fully saturated rings. The van der Waals surface area contributed by atoms with Gasteiger partial charge in [-0.15, -0.1) is 0 Å². The number of carbonyl (C=O) groups excluding carboxylic acids is 2. The van der Waals surface area contributed by atoms with Gasteiger partial charge >= 0.3 is 0 Å². The van der Waals surface area contributed by atoms with Crippen molar-refractivity contribution in [2.24, 2.45) is 5.10 Å². The zero-order valence-corrected chi connectivity index (χ0v) is 15.5. The van der Waals surface area contributed by atoms with Crippen LogP contribution in [0.1, 0.15) is 33.4 Å². The van der Waals surface area contributed by atoms with E-state index in [1.807, 2.05) is 0 Å². The summed E-state index contributed by atoms with van der Waals surface area (Å²) in [6.07, 6.45) is 1.43. The molecule has 0 aliphatic carbocycles. The van der Waals surface area contributed by atoms with Gasteiger partial charge in [0.25, 0.3) is 11.8 Å². The van der Waals surface area contributed by atoms with Crippen LogP contribution >= 0.6 is 11.6 Å². The van der Waals surface area contributed by atoms with Crippen molar-refractivity contribution in [3.63, 3.8) is 0 Å². The summed E-state index contributed by atoms with van der Waals surface area (Å²) in [7, 11) is 0. The lowest BCUT2D eigenvalue weighted by atomic mass is 10.1. The molecule has 0 saturated heterocycles. The van der Waals surface area contributed by atoms with Crippen LogP contribution in [-0.4, -0.2) is 22.6 Å². The average molecular weight is 398 g/mol. The second kappa shape index (κ2) is 8.41. The van der Waals surface area contributed by atoms with Gasteiger partial charge in [-0.25, -0.2) is 5.43 Å². The molecule has 1 heterocycles. The summed E-state index contributed by atoms with van der Waals surface area (Å²) >= 11 is 5.84. The lowest BCUT2D eigenvalue weighted by Crippen LogP contribution is -2.19. The Morgan fingerprint density at radius 3 is 2.50 bits per heavy atom. The normalized spacial score (nSPS) is 11.1. The van der Waals surface area contributed by atoms with E-state index < -0.39 is 5.91 Å². The summed E-state index contributed by atoms with van der Waals surface area (Å²) in [5.74, 6) is -0.904. The minimum Gasteiger partial charge on any atom is -0.507 e. The number of nitrogens with one attached hydrogen (secondary N) is 2. The topological polar surface area (TPSA) is 104 Å². The summed E-state index contributed by atoms with van der Waals surface area (Å²) in [5.41, 5.74) is 4.28. The maximum absolute atomic E-state index is 12.1. The first-order valence-electron chi connectivity index (χ1n) is 8.22. The van der Waals surface area contributed by atoms with Crippen molar-refractivity contribution in [2.45, 2.75) is 6.92 Å². The summed E-state index contributed by atoms with van der Waals surface area (Å²) in [6, 6.07) is 14.3. The van der Waals surface area contributed by atoms with Crippen LogP contribution in [0, 0.1) is 0 Å². The van der Waals surface area contributed by atoms with Crippen molar-refractivity contribution in [1.82, 2.24) is 5.43 Å². The van der Waals surface area contributed by atoms with Gasteiger partial charge in [-0.1, -0.05) is 23.7 Å². The van der Waals surface area contributed by atoms with Gasteiger partial charge in [-0.05, 0) is 55.0 Å². The molecule has 3 rings (SSSR count). The number of benzene rings is 2. The van der Waals surface area contributed by atoms with Crippen LogP contribution in [0.25, 0.3) is 0 Å². The van der Waals surface area contributed by atoms with Gasteiger partial charge in [0.1, 0.15) is 5.75 Å². The molecule has 3 N–H and O–H groups in total. The minimum atomic E-state index is -0.582. The number of phenolic OH excluding ortho intramolecular Hbond substituents is 1. The number of anilines is 1. The number of halogens is 1. The van der Waals surface area contributed by atoms with Crippen molar-refractivity contribution in [2.75, 3.05) is 5.32 Å². The number of carbonyl (C=O) groups is 2. The van der Waals surface area contributed by atoms with Gasteiger partial charge in [0.2, 0.25) is 0 Å². The maximum atomic E-state index is 12.1. The van der Waals surface area contributed by atoms with Crippen molar-refractivity contribution < 1.29 is 19.1 Å². The quantitative estimate of drug-likeness (QED) is 0.446. The highest BCUT2D eigenvalue weighted by Gasteiger charge is 2.12. The van der Waals surface area contributed by atoms with Gasteiger partial charge < -0.3 is 14.8 Å². The largest absolute Gasteiger partial charge is 0.507 e. The van der Waals surface area contributed by atoms with Crippen LogP contribution in [0.5, 0.6) is 5.75 Å². The van der Waals surface area contributed by atoms with Crippen molar-refractivity contribution in [1.29, 1.82) is 0 Å². The van der Waals surface area contributed by atoms with E-state index in [9.17, 15) is 14.7 Å². The number of furan rings is 1. The Kier molecular flexibility index (Phi) is 5.76. The molecule has 0 atom stereocenters. The Balaban J connectivity index is 1.65. The summed E-state index contributed by atoms with van der Waals surface area (Å²) in [6.45, 7) is 1.72. The second-order valence-corrected chi connectivity index (χ2v) is 6.24. The van der Waals surface area contributed by atoms with E-state index in [1.165, 1.54) is 24.5 Å². The predicted octanol–water partition coefficient (Wildman–Crippen LogP) is 4.04. The lowest BCUT2D eigenvalue weighted by molar-refractivity contribution is 0.0951.